The maximum Gasteiger partial charge on any atom is 0.118 e. The Labute approximate surface area is 128 Å². The average Bonchev–Trinajstić information content (AvgIpc) is 2.48. The molecule has 2 aromatic rings. The lowest BCUT2D eigenvalue weighted by molar-refractivity contribution is 0.365. The van der Waals surface area contributed by atoms with Crippen molar-refractivity contribution in [3.8, 4) is 5.75 Å². The molecule has 1 unspecified atom stereocenters. The van der Waals surface area contributed by atoms with Crippen molar-refractivity contribution in [3.63, 3.8) is 0 Å². The molecule has 2 heteroatoms. The molecule has 2 rings (SSSR count). The van der Waals surface area contributed by atoms with Crippen LogP contribution in [-0.4, -0.2) is 13.7 Å². The van der Waals surface area contributed by atoms with E-state index in [-0.39, 0.29) is 11.5 Å². The van der Waals surface area contributed by atoms with Gasteiger partial charge in [0.05, 0.1) is 13.2 Å². The van der Waals surface area contributed by atoms with Gasteiger partial charge in [-0.05, 0) is 28.7 Å². The maximum absolute atomic E-state index is 5.25. The second-order valence-corrected chi connectivity index (χ2v) is 6.56. The largest absolute Gasteiger partial charge is 0.497 e. The van der Waals surface area contributed by atoms with Gasteiger partial charge < -0.3 is 10.1 Å². The smallest absolute Gasteiger partial charge is 0.118 e. The first-order chi connectivity index (χ1) is 9.99. The van der Waals surface area contributed by atoms with Crippen LogP contribution >= 0.6 is 0 Å². The fourth-order valence-corrected chi connectivity index (χ4v) is 2.28. The quantitative estimate of drug-likeness (QED) is 0.877. The van der Waals surface area contributed by atoms with Gasteiger partial charge in [0.15, 0.2) is 0 Å². The predicted octanol–water partition coefficient (Wildman–Crippen LogP) is 4.42. The number of methoxy groups -OCH3 is 1. The molecule has 0 heterocycles. The second-order valence-electron chi connectivity index (χ2n) is 6.56. The van der Waals surface area contributed by atoms with Gasteiger partial charge in [-0.25, -0.2) is 0 Å². The van der Waals surface area contributed by atoms with Crippen LogP contribution in [0.3, 0.4) is 0 Å². The summed E-state index contributed by atoms with van der Waals surface area (Å²) >= 11 is 0. The fraction of sp³-hybridized carbons (Fsp3) is 0.368. The molecule has 0 spiro atoms. The fourth-order valence-electron chi connectivity index (χ4n) is 2.28. The molecule has 112 valence electrons. The molecule has 1 N–H and O–H groups in total. The lowest BCUT2D eigenvalue weighted by atomic mass is 9.93. The highest BCUT2D eigenvalue weighted by atomic mass is 16.5. The van der Waals surface area contributed by atoms with Crippen molar-refractivity contribution in [1.29, 1.82) is 0 Å². The van der Waals surface area contributed by atoms with E-state index in [1.807, 2.05) is 12.1 Å². The highest BCUT2D eigenvalue weighted by Gasteiger charge is 2.17. The van der Waals surface area contributed by atoms with Gasteiger partial charge >= 0.3 is 0 Å². The minimum atomic E-state index is 0.205. The summed E-state index contributed by atoms with van der Waals surface area (Å²) in [5, 5.41) is 3.69. The first-order valence-corrected chi connectivity index (χ1v) is 7.42. The van der Waals surface area contributed by atoms with Gasteiger partial charge in [0, 0.05) is 6.54 Å². The summed E-state index contributed by atoms with van der Waals surface area (Å²) in [7, 11) is 1.70. The molecule has 0 saturated carbocycles. The van der Waals surface area contributed by atoms with Crippen molar-refractivity contribution >= 4 is 0 Å². The molecule has 0 fully saturated rings. The lowest BCUT2D eigenvalue weighted by Crippen LogP contribution is -2.31. The first-order valence-electron chi connectivity index (χ1n) is 7.42. The molecule has 0 aliphatic heterocycles. The summed E-state index contributed by atoms with van der Waals surface area (Å²) in [5.74, 6) is 0.890. The molecule has 0 aliphatic carbocycles. The molecule has 1 atom stereocenters. The first kappa shape index (κ1) is 15.6. The summed E-state index contributed by atoms with van der Waals surface area (Å²) in [6, 6.07) is 19.1. The highest BCUT2D eigenvalue weighted by molar-refractivity contribution is 5.35. The van der Waals surface area contributed by atoms with E-state index < -0.39 is 0 Å². The zero-order chi connectivity index (χ0) is 15.3. The average molecular weight is 283 g/mol. The van der Waals surface area contributed by atoms with E-state index in [0.717, 1.165) is 12.3 Å². The van der Waals surface area contributed by atoms with Crippen LogP contribution in [0.15, 0.2) is 54.6 Å². The van der Waals surface area contributed by atoms with Crippen molar-refractivity contribution in [2.45, 2.75) is 26.8 Å². The minimum Gasteiger partial charge on any atom is -0.497 e. The summed E-state index contributed by atoms with van der Waals surface area (Å²) in [4.78, 5) is 0. The Morgan fingerprint density at radius 3 is 2.00 bits per heavy atom. The molecule has 0 aliphatic rings. The number of hydrogen-bond donors (Lipinski definition) is 1. The number of hydrogen-bond acceptors (Lipinski definition) is 2. The molecule has 0 bridgehead atoms. The Kier molecular flexibility index (Phi) is 5.03. The van der Waals surface area contributed by atoms with Gasteiger partial charge in [-0.1, -0.05) is 63.2 Å². The third-order valence-electron chi connectivity index (χ3n) is 3.42. The zero-order valence-electron chi connectivity index (χ0n) is 13.4. The van der Waals surface area contributed by atoms with Crippen LogP contribution in [0.2, 0.25) is 0 Å². The Balaban J connectivity index is 2.26. The second kappa shape index (κ2) is 6.77. The van der Waals surface area contributed by atoms with Crippen LogP contribution in [0.1, 0.15) is 37.9 Å². The van der Waals surface area contributed by atoms with Gasteiger partial charge in [-0.3, -0.25) is 0 Å². The topological polar surface area (TPSA) is 21.3 Å². The third-order valence-corrected chi connectivity index (χ3v) is 3.42. The summed E-state index contributed by atoms with van der Waals surface area (Å²) in [6.07, 6.45) is 0. The summed E-state index contributed by atoms with van der Waals surface area (Å²) < 4.78 is 5.25. The van der Waals surface area contributed by atoms with E-state index in [9.17, 15) is 0 Å². The number of nitrogens with one attached hydrogen (secondary N) is 1. The normalized spacial score (nSPS) is 13.0. The van der Waals surface area contributed by atoms with E-state index in [0.29, 0.717) is 0 Å². The number of benzene rings is 2. The Morgan fingerprint density at radius 1 is 0.905 bits per heavy atom. The van der Waals surface area contributed by atoms with E-state index in [2.05, 4.69) is 68.6 Å². The van der Waals surface area contributed by atoms with Crippen molar-refractivity contribution < 1.29 is 4.74 Å². The molecule has 0 aromatic heterocycles. The lowest BCUT2D eigenvalue weighted by Gasteiger charge is -2.26. The summed E-state index contributed by atoms with van der Waals surface area (Å²) in [6.45, 7) is 7.70. The third kappa shape index (κ3) is 4.61. The standard InChI is InChI=1S/C19H25NO/c1-19(2,3)14-20-18(15-8-6-5-7-9-15)16-10-12-17(21-4)13-11-16/h5-13,18,20H,14H2,1-4H3. The molecule has 0 saturated heterocycles. The van der Waals surface area contributed by atoms with Gasteiger partial charge in [0.1, 0.15) is 5.75 Å². The molecule has 0 radical (unpaired) electrons. The Morgan fingerprint density at radius 2 is 1.48 bits per heavy atom. The van der Waals surface area contributed by atoms with Crippen LogP contribution in [0.5, 0.6) is 5.75 Å². The van der Waals surface area contributed by atoms with Crippen molar-refractivity contribution in [2.75, 3.05) is 13.7 Å². The van der Waals surface area contributed by atoms with Gasteiger partial charge in [-0.2, -0.15) is 0 Å². The van der Waals surface area contributed by atoms with Gasteiger partial charge in [0.2, 0.25) is 0 Å². The molecular weight excluding hydrogens is 258 g/mol. The summed E-state index contributed by atoms with van der Waals surface area (Å²) in [5.41, 5.74) is 2.79. The monoisotopic (exact) mass is 283 g/mol. The number of ether oxygens (including phenoxy) is 1. The van der Waals surface area contributed by atoms with E-state index >= 15 is 0 Å². The Bertz CT molecular complexity index is 540. The van der Waals surface area contributed by atoms with E-state index in [1.54, 1.807) is 7.11 Å². The van der Waals surface area contributed by atoms with Crippen LogP contribution in [-0.2, 0) is 0 Å². The van der Waals surface area contributed by atoms with Crippen molar-refractivity contribution in [3.05, 3.63) is 65.7 Å². The highest BCUT2D eigenvalue weighted by Crippen LogP contribution is 2.25. The SMILES string of the molecule is COc1ccc(C(NCC(C)(C)C)c2ccccc2)cc1. The molecule has 2 nitrogen and oxygen atoms in total. The van der Waals surface area contributed by atoms with Crippen molar-refractivity contribution in [2.24, 2.45) is 5.41 Å². The van der Waals surface area contributed by atoms with E-state index in [1.165, 1.54) is 11.1 Å². The zero-order valence-corrected chi connectivity index (χ0v) is 13.4. The van der Waals surface area contributed by atoms with Crippen molar-refractivity contribution in [1.82, 2.24) is 5.32 Å². The molecule has 2 aromatic carbocycles. The van der Waals surface area contributed by atoms with Gasteiger partial charge in [0.25, 0.3) is 0 Å². The van der Waals surface area contributed by atoms with E-state index in [4.69, 9.17) is 4.74 Å². The van der Waals surface area contributed by atoms with Gasteiger partial charge in [-0.15, -0.1) is 0 Å². The maximum atomic E-state index is 5.25. The molecule has 21 heavy (non-hydrogen) atoms. The minimum absolute atomic E-state index is 0.205. The van der Waals surface area contributed by atoms with Crippen LogP contribution < -0.4 is 10.1 Å². The number of rotatable bonds is 5. The van der Waals surface area contributed by atoms with Crippen LogP contribution in [0.25, 0.3) is 0 Å². The molecular formula is C19H25NO. The molecule has 0 amide bonds. The van der Waals surface area contributed by atoms with Crippen LogP contribution in [0.4, 0.5) is 0 Å². The predicted molar refractivity (Wildman–Crippen MR) is 88.7 cm³/mol. The Hall–Kier alpha value is -1.80. The van der Waals surface area contributed by atoms with Crippen LogP contribution in [0, 0.1) is 5.41 Å².